The van der Waals surface area contributed by atoms with Crippen LogP contribution in [0, 0.1) is 6.92 Å². The van der Waals surface area contributed by atoms with Gasteiger partial charge in [0.2, 0.25) is 0 Å². The number of fused-ring (bicyclic) bond motifs is 1. The highest BCUT2D eigenvalue weighted by molar-refractivity contribution is 7.17. The molecule has 0 saturated heterocycles. The first-order valence-electron chi connectivity index (χ1n) is 3.91. The van der Waals surface area contributed by atoms with E-state index in [9.17, 15) is 5.11 Å². The number of nitrogens with zero attached hydrogens (tertiary/aromatic N) is 2. The van der Waals surface area contributed by atoms with Crippen LogP contribution in [0.2, 0.25) is 5.15 Å². The summed E-state index contributed by atoms with van der Waals surface area (Å²) in [6.07, 6.45) is 1.34. The SMILES string of the molecule is Cc1cn2c([C@@H](C)O)c(Cl)nc2s1. The summed E-state index contributed by atoms with van der Waals surface area (Å²) >= 11 is 7.43. The minimum atomic E-state index is -0.587. The summed E-state index contributed by atoms with van der Waals surface area (Å²) in [4.78, 5) is 6.13. The van der Waals surface area contributed by atoms with E-state index < -0.39 is 6.10 Å². The first-order valence-corrected chi connectivity index (χ1v) is 5.11. The molecule has 2 aromatic heterocycles. The number of aromatic nitrogens is 2. The van der Waals surface area contributed by atoms with Crippen LogP contribution in [0.4, 0.5) is 0 Å². The van der Waals surface area contributed by atoms with Crippen LogP contribution in [0.3, 0.4) is 0 Å². The summed E-state index contributed by atoms with van der Waals surface area (Å²) in [6.45, 7) is 3.68. The molecular weight excluding hydrogens is 208 g/mol. The Morgan fingerprint density at radius 1 is 1.69 bits per heavy atom. The third-order valence-corrected chi connectivity index (χ3v) is 3.01. The largest absolute Gasteiger partial charge is 0.387 e. The zero-order chi connectivity index (χ0) is 9.59. The van der Waals surface area contributed by atoms with E-state index >= 15 is 0 Å². The van der Waals surface area contributed by atoms with Gasteiger partial charge in [-0.3, -0.25) is 4.40 Å². The van der Waals surface area contributed by atoms with Gasteiger partial charge in [-0.2, -0.15) is 0 Å². The van der Waals surface area contributed by atoms with Crippen LogP contribution in [-0.2, 0) is 0 Å². The van der Waals surface area contributed by atoms with Crippen molar-refractivity contribution in [3.8, 4) is 0 Å². The molecule has 0 aliphatic heterocycles. The van der Waals surface area contributed by atoms with E-state index in [1.165, 1.54) is 0 Å². The van der Waals surface area contributed by atoms with E-state index in [1.807, 2.05) is 17.5 Å². The number of aliphatic hydroxyl groups excluding tert-OH is 1. The van der Waals surface area contributed by atoms with Gasteiger partial charge < -0.3 is 5.11 Å². The Morgan fingerprint density at radius 2 is 2.38 bits per heavy atom. The van der Waals surface area contributed by atoms with Gasteiger partial charge in [-0.1, -0.05) is 11.6 Å². The molecule has 0 spiro atoms. The monoisotopic (exact) mass is 216 g/mol. The van der Waals surface area contributed by atoms with Crippen LogP contribution < -0.4 is 0 Å². The summed E-state index contributed by atoms with van der Waals surface area (Å²) in [5.41, 5.74) is 0.668. The summed E-state index contributed by atoms with van der Waals surface area (Å²) in [5, 5.41) is 9.85. The first kappa shape index (κ1) is 8.99. The van der Waals surface area contributed by atoms with Crippen molar-refractivity contribution in [2.24, 2.45) is 0 Å². The predicted octanol–water partition coefficient (Wildman–Crippen LogP) is 2.41. The highest BCUT2D eigenvalue weighted by Gasteiger charge is 2.16. The van der Waals surface area contributed by atoms with Gasteiger partial charge in [0, 0.05) is 11.1 Å². The third kappa shape index (κ3) is 1.35. The van der Waals surface area contributed by atoms with E-state index in [0.717, 1.165) is 9.84 Å². The van der Waals surface area contributed by atoms with E-state index in [4.69, 9.17) is 11.6 Å². The molecule has 0 saturated carbocycles. The Hall–Kier alpha value is -0.580. The molecule has 0 bridgehead atoms. The van der Waals surface area contributed by atoms with Crippen molar-refractivity contribution < 1.29 is 5.11 Å². The Morgan fingerprint density at radius 3 is 3.00 bits per heavy atom. The van der Waals surface area contributed by atoms with Crippen molar-refractivity contribution in [2.75, 3.05) is 0 Å². The minimum absolute atomic E-state index is 0.390. The van der Waals surface area contributed by atoms with Gasteiger partial charge in [0.25, 0.3) is 0 Å². The quantitative estimate of drug-likeness (QED) is 0.795. The molecule has 13 heavy (non-hydrogen) atoms. The van der Waals surface area contributed by atoms with Crippen LogP contribution >= 0.6 is 22.9 Å². The number of hydrogen-bond acceptors (Lipinski definition) is 3. The highest BCUT2D eigenvalue weighted by atomic mass is 35.5. The molecule has 2 rings (SSSR count). The Labute approximate surface area is 84.6 Å². The van der Waals surface area contributed by atoms with Gasteiger partial charge in [-0.25, -0.2) is 4.98 Å². The van der Waals surface area contributed by atoms with E-state index in [1.54, 1.807) is 18.3 Å². The van der Waals surface area contributed by atoms with Crippen molar-refractivity contribution in [1.82, 2.24) is 9.38 Å². The zero-order valence-corrected chi connectivity index (χ0v) is 8.85. The predicted molar refractivity (Wildman–Crippen MR) is 53.4 cm³/mol. The lowest BCUT2D eigenvalue weighted by Gasteiger charge is -2.01. The molecule has 2 heterocycles. The number of hydrogen-bond donors (Lipinski definition) is 1. The second-order valence-electron chi connectivity index (χ2n) is 2.96. The Kier molecular flexibility index (Phi) is 2.06. The zero-order valence-electron chi connectivity index (χ0n) is 7.28. The summed E-state index contributed by atoms with van der Waals surface area (Å²) in [7, 11) is 0. The van der Waals surface area contributed by atoms with Crippen molar-refractivity contribution in [3.63, 3.8) is 0 Å². The number of aliphatic hydroxyl groups is 1. The van der Waals surface area contributed by atoms with Gasteiger partial charge in [-0.05, 0) is 13.8 Å². The molecule has 0 unspecified atom stereocenters. The van der Waals surface area contributed by atoms with E-state index in [0.29, 0.717) is 10.8 Å². The number of rotatable bonds is 1. The lowest BCUT2D eigenvalue weighted by molar-refractivity contribution is 0.193. The summed E-state index contributed by atoms with van der Waals surface area (Å²) in [6, 6.07) is 0. The van der Waals surface area contributed by atoms with Crippen molar-refractivity contribution in [2.45, 2.75) is 20.0 Å². The lowest BCUT2D eigenvalue weighted by Crippen LogP contribution is -1.95. The average Bonchev–Trinajstić information content (AvgIpc) is 2.41. The molecule has 3 nitrogen and oxygen atoms in total. The van der Waals surface area contributed by atoms with Gasteiger partial charge in [0.1, 0.15) is 0 Å². The van der Waals surface area contributed by atoms with Crippen molar-refractivity contribution in [1.29, 1.82) is 0 Å². The molecule has 0 fully saturated rings. The number of imidazole rings is 1. The minimum Gasteiger partial charge on any atom is -0.387 e. The number of halogens is 1. The maximum absolute atomic E-state index is 9.46. The molecule has 1 atom stereocenters. The van der Waals surface area contributed by atoms with Gasteiger partial charge in [0.15, 0.2) is 10.1 Å². The fourth-order valence-electron chi connectivity index (χ4n) is 1.32. The van der Waals surface area contributed by atoms with Crippen molar-refractivity contribution >= 4 is 27.9 Å². The van der Waals surface area contributed by atoms with Gasteiger partial charge >= 0.3 is 0 Å². The fourth-order valence-corrected chi connectivity index (χ4v) is 2.53. The molecule has 0 radical (unpaired) electrons. The first-order chi connectivity index (χ1) is 6.09. The second kappa shape index (κ2) is 2.97. The summed E-state index contributed by atoms with van der Waals surface area (Å²) < 4.78 is 1.84. The van der Waals surface area contributed by atoms with Crippen LogP contribution in [0.25, 0.3) is 4.96 Å². The maximum atomic E-state index is 9.46. The van der Waals surface area contributed by atoms with Crippen LogP contribution in [0.5, 0.6) is 0 Å². The second-order valence-corrected chi connectivity index (χ2v) is 4.53. The van der Waals surface area contributed by atoms with Crippen LogP contribution in [-0.4, -0.2) is 14.5 Å². The maximum Gasteiger partial charge on any atom is 0.195 e. The standard InChI is InChI=1S/C8H9ClN2OS/c1-4-3-11-6(5(2)12)7(9)10-8(11)13-4/h3,5,12H,1-2H3/t5-/m1/s1. The van der Waals surface area contributed by atoms with Gasteiger partial charge in [0.05, 0.1) is 11.8 Å². The smallest absolute Gasteiger partial charge is 0.195 e. The number of thiazole rings is 1. The topological polar surface area (TPSA) is 37.5 Å². The molecule has 5 heteroatoms. The normalized spacial score (nSPS) is 13.8. The molecule has 0 aliphatic rings. The molecule has 0 aromatic carbocycles. The summed E-state index contributed by atoms with van der Waals surface area (Å²) in [5.74, 6) is 0. The lowest BCUT2D eigenvalue weighted by atomic mass is 10.3. The third-order valence-electron chi connectivity index (χ3n) is 1.83. The van der Waals surface area contributed by atoms with Crippen LogP contribution in [0.15, 0.2) is 6.20 Å². The molecule has 0 amide bonds. The number of aryl methyl sites for hydroxylation is 1. The van der Waals surface area contributed by atoms with E-state index in [2.05, 4.69) is 4.98 Å². The molecule has 1 N–H and O–H groups in total. The van der Waals surface area contributed by atoms with Gasteiger partial charge in [-0.15, -0.1) is 11.3 Å². The molecule has 70 valence electrons. The Bertz CT molecular complexity index is 446. The average molecular weight is 217 g/mol. The van der Waals surface area contributed by atoms with Crippen LogP contribution in [0.1, 0.15) is 23.6 Å². The van der Waals surface area contributed by atoms with E-state index in [-0.39, 0.29) is 0 Å². The fraction of sp³-hybridized carbons (Fsp3) is 0.375. The van der Waals surface area contributed by atoms with Crippen molar-refractivity contribution in [3.05, 3.63) is 21.9 Å². The molecule has 0 aliphatic carbocycles. The highest BCUT2D eigenvalue weighted by Crippen LogP contribution is 2.27. The molecular formula is C8H9ClN2OS. The molecule has 2 aromatic rings. The Balaban J connectivity index is 2.75.